The summed E-state index contributed by atoms with van der Waals surface area (Å²) in [6.07, 6.45) is 1.70. The van der Waals surface area contributed by atoms with Crippen LogP contribution in [0.3, 0.4) is 0 Å². The third-order valence-electron chi connectivity index (χ3n) is 4.96. The molecule has 0 aliphatic carbocycles. The third kappa shape index (κ3) is 4.30. The van der Waals surface area contributed by atoms with Crippen molar-refractivity contribution in [3.05, 3.63) is 51.9 Å². The summed E-state index contributed by atoms with van der Waals surface area (Å²) in [4.78, 5) is 26.6. The van der Waals surface area contributed by atoms with Crippen LogP contribution in [0.25, 0.3) is 0 Å². The number of amides is 1. The lowest BCUT2D eigenvalue weighted by Crippen LogP contribution is -2.40. The second-order valence-corrected chi connectivity index (χ2v) is 6.80. The van der Waals surface area contributed by atoms with Gasteiger partial charge in [0.05, 0.1) is 19.9 Å². The minimum Gasteiger partial charge on any atom is -0.493 e. The van der Waals surface area contributed by atoms with Crippen molar-refractivity contribution in [2.75, 3.05) is 27.3 Å². The van der Waals surface area contributed by atoms with E-state index in [1.165, 1.54) is 4.68 Å². The van der Waals surface area contributed by atoms with E-state index in [4.69, 9.17) is 9.47 Å². The molecule has 1 aromatic carbocycles. The van der Waals surface area contributed by atoms with E-state index in [1.807, 2.05) is 11.8 Å². The summed E-state index contributed by atoms with van der Waals surface area (Å²) in [6, 6.07) is 8.49. The van der Waals surface area contributed by atoms with Crippen molar-refractivity contribution in [2.45, 2.75) is 26.3 Å². The summed E-state index contributed by atoms with van der Waals surface area (Å²) >= 11 is 0. The Morgan fingerprint density at radius 1 is 1.11 bits per heavy atom. The molecule has 1 fully saturated rings. The topological polar surface area (TPSA) is 73.7 Å². The highest BCUT2D eigenvalue weighted by Crippen LogP contribution is 2.29. The number of carbonyl (C=O) groups excluding carboxylic acids is 1. The quantitative estimate of drug-likeness (QED) is 0.805. The Bertz CT molecular complexity index is 870. The van der Waals surface area contributed by atoms with E-state index < -0.39 is 0 Å². The number of piperidine rings is 1. The first-order chi connectivity index (χ1) is 13.0. The van der Waals surface area contributed by atoms with E-state index in [1.54, 1.807) is 44.6 Å². The van der Waals surface area contributed by atoms with Gasteiger partial charge in [0.1, 0.15) is 0 Å². The smallest absolute Gasteiger partial charge is 0.266 e. The third-order valence-corrected chi connectivity index (χ3v) is 4.96. The number of benzene rings is 1. The molecule has 7 nitrogen and oxygen atoms in total. The lowest BCUT2D eigenvalue weighted by molar-refractivity contribution is 0.0680. The van der Waals surface area contributed by atoms with E-state index in [0.717, 1.165) is 18.5 Å². The SMILES string of the molecule is COc1ccc(C(=O)N2CCC(Cn3nc(C)ccc3=O)CC2)cc1OC. The van der Waals surface area contributed by atoms with Crippen LogP contribution in [-0.4, -0.2) is 47.9 Å². The fourth-order valence-corrected chi connectivity index (χ4v) is 3.40. The first-order valence-corrected chi connectivity index (χ1v) is 9.08. The second kappa shape index (κ2) is 8.24. The molecule has 2 heterocycles. The lowest BCUT2D eigenvalue weighted by Gasteiger charge is -2.32. The van der Waals surface area contributed by atoms with Crippen molar-refractivity contribution in [1.82, 2.24) is 14.7 Å². The average molecular weight is 371 g/mol. The number of aromatic nitrogens is 2. The van der Waals surface area contributed by atoms with Crippen molar-refractivity contribution >= 4 is 5.91 Å². The Labute approximate surface area is 158 Å². The predicted molar refractivity (Wildman–Crippen MR) is 101 cm³/mol. The molecule has 0 atom stereocenters. The Morgan fingerprint density at radius 2 is 1.81 bits per heavy atom. The van der Waals surface area contributed by atoms with Crippen molar-refractivity contribution in [1.29, 1.82) is 0 Å². The number of aryl methyl sites for hydroxylation is 1. The summed E-state index contributed by atoms with van der Waals surface area (Å²) in [5.41, 5.74) is 1.34. The molecular weight excluding hydrogens is 346 g/mol. The largest absolute Gasteiger partial charge is 0.493 e. The van der Waals surface area contributed by atoms with E-state index in [-0.39, 0.29) is 11.5 Å². The summed E-state index contributed by atoms with van der Waals surface area (Å²) in [5, 5.41) is 4.30. The number of hydrogen-bond acceptors (Lipinski definition) is 5. The van der Waals surface area contributed by atoms with E-state index in [0.29, 0.717) is 42.6 Å². The van der Waals surface area contributed by atoms with Gasteiger partial charge in [-0.15, -0.1) is 0 Å². The fraction of sp³-hybridized carbons (Fsp3) is 0.450. The molecule has 0 spiro atoms. The van der Waals surface area contributed by atoms with Gasteiger partial charge in [0.15, 0.2) is 11.5 Å². The monoisotopic (exact) mass is 371 g/mol. The summed E-state index contributed by atoms with van der Waals surface area (Å²) in [6.45, 7) is 3.80. The predicted octanol–water partition coefficient (Wildman–Crippen LogP) is 2.12. The van der Waals surface area contributed by atoms with Gasteiger partial charge in [-0.05, 0) is 49.9 Å². The number of methoxy groups -OCH3 is 2. The molecule has 3 rings (SSSR count). The van der Waals surface area contributed by atoms with Crippen LogP contribution in [-0.2, 0) is 6.54 Å². The molecule has 0 N–H and O–H groups in total. The number of hydrogen-bond donors (Lipinski definition) is 0. The molecule has 27 heavy (non-hydrogen) atoms. The number of ether oxygens (including phenoxy) is 2. The van der Waals surface area contributed by atoms with Gasteiger partial charge < -0.3 is 14.4 Å². The molecule has 1 saturated heterocycles. The standard InChI is InChI=1S/C20H25N3O4/c1-14-4-7-19(24)23(21-14)13-15-8-10-22(11-9-15)20(25)16-5-6-17(26-2)18(12-16)27-3/h4-7,12,15H,8-11,13H2,1-3H3. The molecule has 0 unspecified atom stereocenters. The van der Waals surface area contributed by atoms with Crippen molar-refractivity contribution < 1.29 is 14.3 Å². The van der Waals surface area contributed by atoms with Gasteiger partial charge in [-0.1, -0.05) is 0 Å². The van der Waals surface area contributed by atoms with Crippen LogP contribution in [0.5, 0.6) is 11.5 Å². The van der Waals surface area contributed by atoms with Gasteiger partial charge in [-0.2, -0.15) is 5.10 Å². The number of nitrogens with zero attached hydrogens (tertiary/aromatic N) is 3. The van der Waals surface area contributed by atoms with Crippen LogP contribution in [0.15, 0.2) is 35.1 Å². The van der Waals surface area contributed by atoms with Crippen LogP contribution >= 0.6 is 0 Å². The van der Waals surface area contributed by atoms with Crippen LogP contribution < -0.4 is 15.0 Å². The van der Waals surface area contributed by atoms with Gasteiger partial charge in [-0.25, -0.2) is 4.68 Å². The molecule has 1 amide bonds. The molecule has 0 radical (unpaired) electrons. The normalized spacial score (nSPS) is 14.9. The van der Waals surface area contributed by atoms with Crippen LogP contribution in [0.4, 0.5) is 0 Å². The molecule has 0 bridgehead atoms. The maximum Gasteiger partial charge on any atom is 0.266 e. The molecule has 0 saturated carbocycles. The first-order valence-electron chi connectivity index (χ1n) is 9.08. The lowest BCUT2D eigenvalue weighted by atomic mass is 9.96. The number of carbonyl (C=O) groups is 1. The van der Waals surface area contributed by atoms with Crippen LogP contribution in [0.1, 0.15) is 28.9 Å². The highest BCUT2D eigenvalue weighted by Gasteiger charge is 2.25. The highest BCUT2D eigenvalue weighted by atomic mass is 16.5. The maximum atomic E-state index is 12.8. The molecule has 7 heteroatoms. The minimum atomic E-state index is -0.0792. The van der Waals surface area contributed by atoms with E-state index in [9.17, 15) is 9.59 Å². The Hall–Kier alpha value is -2.83. The van der Waals surface area contributed by atoms with E-state index >= 15 is 0 Å². The van der Waals surface area contributed by atoms with Crippen LogP contribution in [0, 0.1) is 12.8 Å². The molecule has 2 aromatic rings. The number of rotatable bonds is 5. The van der Waals surface area contributed by atoms with Crippen molar-refractivity contribution in [2.24, 2.45) is 5.92 Å². The van der Waals surface area contributed by atoms with Gasteiger partial charge in [0.25, 0.3) is 11.5 Å². The van der Waals surface area contributed by atoms with Crippen LogP contribution in [0.2, 0.25) is 0 Å². The maximum absolute atomic E-state index is 12.8. The molecule has 1 aliphatic heterocycles. The van der Waals surface area contributed by atoms with Gasteiger partial charge in [-0.3, -0.25) is 9.59 Å². The summed E-state index contributed by atoms with van der Waals surface area (Å²) in [7, 11) is 3.12. The summed E-state index contributed by atoms with van der Waals surface area (Å²) < 4.78 is 12.0. The zero-order valence-electron chi connectivity index (χ0n) is 16.0. The minimum absolute atomic E-state index is 0.0137. The highest BCUT2D eigenvalue weighted by molar-refractivity contribution is 5.95. The second-order valence-electron chi connectivity index (χ2n) is 6.80. The summed E-state index contributed by atoms with van der Waals surface area (Å²) in [5.74, 6) is 1.47. The molecule has 1 aromatic heterocycles. The van der Waals surface area contributed by atoms with Crippen molar-refractivity contribution in [3.63, 3.8) is 0 Å². The van der Waals surface area contributed by atoms with Gasteiger partial charge >= 0.3 is 0 Å². The fourth-order valence-electron chi connectivity index (χ4n) is 3.40. The Morgan fingerprint density at radius 3 is 2.48 bits per heavy atom. The van der Waals surface area contributed by atoms with Crippen molar-refractivity contribution in [3.8, 4) is 11.5 Å². The molecule has 144 valence electrons. The molecular formula is C20H25N3O4. The average Bonchev–Trinajstić information content (AvgIpc) is 2.70. The Kier molecular flexibility index (Phi) is 5.78. The van der Waals surface area contributed by atoms with E-state index in [2.05, 4.69) is 5.10 Å². The van der Waals surface area contributed by atoms with Gasteiger partial charge in [0, 0.05) is 31.3 Å². The Balaban J connectivity index is 1.62. The number of likely N-dealkylation sites (tertiary alicyclic amines) is 1. The zero-order valence-corrected chi connectivity index (χ0v) is 16.0. The first kappa shape index (κ1) is 18.9. The molecule has 1 aliphatic rings. The van der Waals surface area contributed by atoms with Gasteiger partial charge in [0.2, 0.25) is 0 Å². The zero-order chi connectivity index (χ0) is 19.4.